The largest absolute Gasteiger partial charge is 0.508 e. The van der Waals surface area contributed by atoms with Crippen LogP contribution < -0.4 is 0 Å². The van der Waals surface area contributed by atoms with E-state index >= 15 is 0 Å². The smallest absolute Gasteiger partial charge is 0.119 e. The number of benzene rings is 1. The first-order chi connectivity index (χ1) is 7.06. The quantitative estimate of drug-likeness (QED) is 0.847. The third kappa shape index (κ3) is 3.23. The van der Waals surface area contributed by atoms with Crippen molar-refractivity contribution >= 4 is 15.9 Å². The van der Waals surface area contributed by atoms with E-state index in [0.29, 0.717) is 11.7 Å². The van der Waals surface area contributed by atoms with Crippen LogP contribution in [0, 0.1) is 0 Å². The Bertz CT molecular complexity index is 332. The highest BCUT2D eigenvalue weighted by Gasteiger charge is 2.09. The second-order valence-corrected chi connectivity index (χ2v) is 5.12. The molecule has 1 nitrogen and oxygen atoms in total. The number of phenols is 1. The Morgan fingerprint density at radius 3 is 2.53 bits per heavy atom. The topological polar surface area (TPSA) is 20.2 Å². The fraction of sp³-hybridized carbons (Fsp3) is 0.538. The molecule has 2 heteroatoms. The molecule has 84 valence electrons. The number of aryl methyl sites for hydroxylation is 1. The van der Waals surface area contributed by atoms with Crippen LogP contribution in [-0.4, -0.2) is 5.11 Å². The molecule has 0 heterocycles. The molecule has 0 aliphatic rings. The second kappa shape index (κ2) is 5.55. The first kappa shape index (κ1) is 12.6. The SMILES string of the molecule is CCCCc1cc(O)c(C(C)C)cc1Br. The molecule has 0 saturated carbocycles. The molecule has 1 N–H and O–H groups in total. The summed E-state index contributed by atoms with van der Waals surface area (Å²) in [5, 5.41) is 9.86. The number of halogens is 1. The lowest BCUT2D eigenvalue weighted by molar-refractivity contribution is 0.463. The van der Waals surface area contributed by atoms with Crippen LogP contribution in [0.2, 0.25) is 0 Å². The molecule has 1 aromatic rings. The van der Waals surface area contributed by atoms with Crippen molar-refractivity contribution in [3.05, 3.63) is 27.7 Å². The molecule has 0 aromatic heterocycles. The number of rotatable bonds is 4. The Morgan fingerprint density at radius 1 is 1.33 bits per heavy atom. The standard InChI is InChI=1S/C13H19BrO/c1-4-5-6-10-7-13(15)11(9(2)3)8-12(10)14/h7-9,15H,4-6H2,1-3H3. The highest BCUT2D eigenvalue weighted by atomic mass is 79.9. The molecule has 0 aliphatic heterocycles. The van der Waals surface area contributed by atoms with E-state index in [4.69, 9.17) is 0 Å². The third-order valence-electron chi connectivity index (χ3n) is 2.62. The Morgan fingerprint density at radius 2 is 2.00 bits per heavy atom. The lowest BCUT2D eigenvalue weighted by Crippen LogP contribution is -1.93. The van der Waals surface area contributed by atoms with Gasteiger partial charge in [-0.25, -0.2) is 0 Å². The Labute approximate surface area is 101 Å². The highest BCUT2D eigenvalue weighted by Crippen LogP contribution is 2.32. The number of hydrogen-bond donors (Lipinski definition) is 1. The minimum atomic E-state index is 0.363. The molecule has 0 aliphatic carbocycles. The predicted molar refractivity (Wildman–Crippen MR) is 68.5 cm³/mol. The third-order valence-corrected chi connectivity index (χ3v) is 3.36. The molecule has 0 fully saturated rings. The van der Waals surface area contributed by atoms with Gasteiger partial charge in [-0.1, -0.05) is 43.1 Å². The Balaban J connectivity index is 2.97. The summed E-state index contributed by atoms with van der Waals surface area (Å²) in [4.78, 5) is 0. The average molecular weight is 271 g/mol. The lowest BCUT2D eigenvalue weighted by atomic mass is 9.98. The van der Waals surface area contributed by atoms with Gasteiger partial charge in [0.15, 0.2) is 0 Å². The molecule has 1 rings (SSSR count). The van der Waals surface area contributed by atoms with Crippen LogP contribution in [0.25, 0.3) is 0 Å². The molecule has 0 radical (unpaired) electrons. The van der Waals surface area contributed by atoms with Crippen LogP contribution in [0.15, 0.2) is 16.6 Å². The van der Waals surface area contributed by atoms with Gasteiger partial charge in [-0.2, -0.15) is 0 Å². The van der Waals surface area contributed by atoms with Gasteiger partial charge >= 0.3 is 0 Å². The Hall–Kier alpha value is -0.500. The van der Waals surface area contributed by atoms with Gasteiger partial charge in [-0.05, 0) is 42.0 Å². The number of phenolic OH excluding ortho intramolecular Hbond substituents is 1. The maximum atomic E-state index is 9.86. The van der Waals surface area contributed by atoms with Crippen molar-refractivity contribution in [2.75, 3.05) is 0 Å². The van der Waals surface area contributed by atoms with Gasteiger partial charge in [0.25, 0.3) is 0 Å². The van der Waals surface area contributed by atoms with E-state index in [2.05, 4.69) is 36.7 Å². The second-order valence-electron chi connectivity index (χ2n) is 4.26. The molecule has 0 saturated heterocycles. The number of unbranched alkanes of at least 4 members (excludes halogenated alkanes) is 1. The summed E-state index contributed by atoms with van der Waals surface area (Å²) >= 11 is 3.57. The zero-order chi connectivity index (χ0) is 11.4. The number of hydrogen-bond acceptors (Lipinski definition) is 1. The van der Waals surface area contributed by atoms with Crippen LogP contribution in [0.1, 0.15) is 50.7 Å². The van der Waals surface area contributed by atoms with Crippen molar-refractivity contribution in [2.24, 2.45) is 0 Å². The van der Waals surface area contributed by atoms with Gasteiger partial charge in [0.05, 0.1) is 0 Å². The van der Waals surface area contributed by atoms with E-state index in [1.165, 1.54) is 18.4 Å². The van der Waals surface area contributed by atoms with E-state index in [1.807, 2.05) is 12.1 Å². The molecule has 0 spiro atoms. The summed E-state index contributed by atoms with van der Waals surface area (Å²) in [6, 6.07) is 3.94. The number of aromatic hydroxyl groups is 1. The normalized spacial score (nSPS) is 11.0. The first-order valence-corrected chi connectivity index (χ1v) is 6.36. The van der Waals surface area contributed by atoms with Gasteiger partial charge in [0.2, 0.25) is 0 Å². The van der Waals surface area contributed by atoms with E-state index in [9.17, 15) is 5.11 Å². The molecule has 0 atom stereocenters. The zero-order valence-electron chi connectivity index (χ0n) is 9.68. The van der Waals surface area contributed by atoms with Gasteiger partial charge in [-0.15, -0.1) is 0 Å². The van der Waals surface area contributed by atoms with Crippen LogP contribution in [0.3, 0.4) is 0 Å². The van der Waals surface area contributed by atoms with E-state index in [-0.39, 0.29) is 0 Å². The van der Waals surface area contributed by atoms with Crippen molar-refractivity contribution in [1.29, 1.82) is 0 Å². The average Bonchev–Trinajstić information content (AvgIpc) is 2.18. The Kier molecular flexibility index (Phi) is 4.65. The van der Waals surface area contributed by atoms with Crippen LogP contribution >= 0.6 is 15.9 Å². The fourth-order valence-corrected chi connectivity index (χ4v) is 2.20. The summed E-state index contributed by atoms with van der Waals surface area (Å²) in [5.74, 6) is 0.792. The van der Waals surface area contributed by atoms with Gasteiger partial charge in [0.1, 0.15) is 5.75 Å². The van der Waals surface area contributed by atoms with E-state index < -0.39 is 0 Å². The van der Waals surface area contributed by atoms with Gasteiger partial charge in [0, 0.05) is 4.47 Å². The minimum absolute atomic E-state index is 0.363. The summed E-state index contributed by atoms with van der Waals surface area (Å²) in [6.07, 6.45) is 3.38. The monoisotopic (exact) mass is 270 g/mol. The van der Waals surface area contributed by atoms with Crippen LogP contribution in [0.4, 0.5) is 0 Å². The molecule has 1 aromatic carbocycles. The van der Waals surface area contributed by atoms with Crippen molar-refractivity contribution in [1.82, 2.24) is 0 Å². The van der Waals surface area contributed by atoms with E-state index in [1.54, 1.807) is 0 Å². The lowest BCUT2D eigenvalue weighted by Gasteiger charge is -2.12. The highest BCUT2D eigenvalue weighted by molar-refractivity contribution is 9.10. The fourth-order valence-electron chi connectivity index (χ4n) is 1.64. The summed E-state index contributed by atoms with van der Waals surface area (Å²) in [7, 11) is 0. The first-order valence-electron chi connectivity index (χ1n) is 5.57. The molecule has 0 bridgehead atoms. The van der Waals surface area contributed by atoms with Gasteiger partial charge < -0.3 is 5.11 Å². The van der Waals surface area contributed by atoms with Crippen molar-refractivity contribution in [3.63, 3.8) is 0 Å². The maximum Gasteiger partial charge on any atom is 0.119 e. The molecule has 15 heavy (non-hydrogen) atoms. The summed E-state index contributed by atoms with van der Waals surface area (Å²) in [5.41, 5.74) is 2.22. The van der Waals surface area contributed by atoms with E-state index in [0.717, 1.165) is 16.5 Å². The minimum Gasteiger partial charge on any atom is -0.508 e. The van der Waals surface area contributed by atoms with Crippen LogP contribution in [0.5, 0.6) is 5.75 Å². The molecule has 0 amide bonds. The van der Waals surface area contributed by atoms with Crippen molar-refractivity contribution in [3.8, 4) is 5.75 Å². The predicted octanol–water partition coefficient (Wildman–Crippen LogP) is 4.62. The molecular weight excluding hydrogens is 252 g/mol. The molecule has 0 unspecified atom stereocenters. The molecular formula is C13H19BrO. The zero-order valence-corrected chi connectivity index (χ0v) is 11.3. The summed E-state index contributed by atoms with van der Waals surface area (Å²) in [6.45, 7) is 6.36. The van der Waals surface area contributed by atoms with Crippen LogP contribution in [-0.2, 0) is 6.42 Å². The van der Waals surface area contributed by atoms with Gasteiger partial charge in [-0.3, -0.25) is 0 Å². The van der Waals surface area contributed by atoms with Crippen molar-refractivity contribution in [2.45, 2.75) is 46.0 Å². The van der Waals surface area contributed by atoms with Crippen molar-refractivity contribution < 1.29 is 5.11 Å². The summed E-state index contributed by atoms with van der Waals surface area (Å²) < 4.78 is 1.12. The maximum absolute atomic E-state index is 9.86.